The van der Waals surface area contributed by atoms with Gasteiger partial charge < -0.3 is 5.32 Å². The van der Waals surface area contributed by atoms with E-state index in [2.05, 4.69) is 29.0 Å². The SMILES string of the molecule is CCCNC1CCCN(Cc2ncc(CC)s2)C1. The second kappa shape index (κ2) is 7.22. The summed E-state index contributed by atoms with van der Waals surface area (Å²) in [5, 5.41) is 4.93. The number of likely N-dealkylation sites (tertiary alicyclic amines) is 1. The third-order valence-corrected chi connectivity index (χ3v) is 4.62. The van der Waals surface area contributed by atoms with E-state index in [1.807, 2.05) is 17.5 Å². The van der Waals surface area contributed by atoms with Crippen molar-refractivity contribution >= 4 is 11.3 Å². The third kappa shape index (κ3) is 4.04. The average Bonchev–Trinajstić information content (AvgIpc) is 2.84. The Morgan fingerprint density at radius 3 is 3.11 bits per heavy atom. The van der Waals surface area contributed by atoms with Crippen LogP contribution in [0.4, 0.5) is 0 Å². The number of nitrogens with zero attached hydrogens (tertiary/aromatic N) is 2. The van der Waals surface area contributed by atoms with Gasteiger partial charge in [-0.1, -0.05) is 13.8 Å². The molecule has 0 amide bonds. The van der Waals surface area contributed by atoms with Crippen molar-refractivity contribution in [2.75, 3.05) is 19.6 Å². The van der Waals surface area contributed by atoms with Crippen LogP contribution in [0.3, 0.4) is 0 Å². The van der Waals surface area contributed by atoms with Crippen molar-refractivity contribution in [1.29, 1.82) is 0 Å². The fraction of sp³-hybridized carbons (Fsp3) is 0.786. The van der Waals surface area contributed by atoms with Gasteiger partial charge in [0, 0.05) is 23.7 Å². The highest BCUT2D eigenvalue weighted by Crippen LogP contribution is 2.18. The van der Waals surface area contributed by atoms with E-state index in [0.717, 1.165) is 19.5 Å². The standard InChI is InChI=1S/C14H25N3S/c1-3-7-15-12-6-5-8-17(10-12)11-14-16-9-13(4-2)18-14/h9,12,15H,3-8,10-11H2,1-2H3. The van der Waals surface area contributed by atoms with Crippen LogP contribution in [0, 0.1) is 0 Å². The molecular formula is C14H25N3S. The Labute approximate surface area is 115 Å². The number of hydrogen-bond donors (Lipinski definition) is 1. The van der Waals surface area contributed by atoms with E-state index >= 15 is 0 Å². The summed E-state index contributed by atoms with van der Waals surface area (Å²) >= 11 is 1.87. The van der Waals surface area contributed by atoms with Crippen molar-refractivity contribution in [1.82, 2.24) is 15.2 Å². The minimum absolute atomic E-state index is 0.685. The highest BCUT2D eigenvalue weighted by Gasteiger charge is 2.19. The molecule has 0 spiro atoms. The van der Waals surface area contributed by atoms with Gasteiger partial charge in [0.1, 0.15) is 5.01 Å². The minimum Gasteiger partial charge on any atom is -0.313 e. The smallest absolute Gasteiger partial charge is 0.107 e. The maximum Gasteiger partial charge on any atom is 0.107 e. The maximum atomic E-state index is 4.52. The Morgan fingerprint density at radius 1 is 1.50 bits per heavy atom. The molecule has 18 heavy (non-hydrogen) atoms. The molecule has 3 nitrogen and oxygen atoms in total. The quantitative estimate of drug-likeness (QED) is 0.859. The molecule has 1 aromatic heterocycles. The van der Waals surface area contributed by atoms with Gasteiger partial charge in [-0.05, 0) is 38.8 Å². The van der Waals surface area contributed by atoms with Gasteiger partial charge in [0.05, 0.1) is 6.54 Å². The first kappa shape index (κ1) is 14.0. The summed E-state index contributed by atoms with van der Waals surface area (Å²) in [6.07, 6.45) is 7.01. The number of rotatable bonds is 6. The van der Waals surface area contributed by atoms with Gasteiger partial charge in [0.2, 0.25) is 0 Å². The molecule has 0 saturated carbocycles. The monoisotopic (exact) mass is 267 g/mol. The molecule has 1 unspecified atom stereocenters. The predicted octanol–water partition coefficient (Wildman–Crippen LogP) is 2.67. The lowest BCUT2D eigenvalue weighted by Crippen LogP contribution is -2.45. The lowest BCUT2D eigenvalue weighted by atomic mass is 10.1. The van der Waals surface area contributed by atoms with Crippen LogP contribution < -0.4 is 5.32 Å². The summed E-state index contributed by atoms with van der Waals surface area (Å²) in [6.45, 7) is 9.02. The fourth-order valence-corrected chi connectivity index (χ4v) is 3.40. The molecule has 102 valence electrons. The Hall–Kier alpha value is -0.450. The molecule has 2 rings (SSSR count). The molecule has 2 heterocycles. The summed E-state index contributed by atoms with van der Waals surface area (Å²) in [7, 11) is 0. The average molecular weight is 267 g/mol. The van der Waals surface area contributed by atoms with E-state index in [9.17, 15) is 0 Å². The van der Waals surface area contributed by atoms with Crippen molar-refractivity contribution in [3.63, 3.8) is 0 Å². The molecule has 1 atom stereocenters. The second-order valence-corrected chi connectivity index (χ2v) is 6.30. The molecule has 4 heteroatoms. The lowest BCUT2D eigenvalue weighted by molar-refractivity contribution is 0.183. The minimum atomic E-state index is 0.685. The molecule has 0 radical (unpaired) electrons. The molecule has 1 aromatic rings. The molecular weight excluding hydrogens is 242 g/mol. The molecule has 0 aromatic carbocycles. The van der Waals surface area contributed by atoms with E-state index in [1.54, 1.807) is 0 Å². The van der Waals surface area contributed by atoms with Crippen LogP contribution >= 0.6 is 11.3 Å². The van der Waals surface area contributed by atoms with Crippen LogP contribution in [0.15, 0.2) is 6.20 Å². The van der Waals surface area contributed by atoms with E-state index in [-0.39, 0.29) is 0 Å². The van der Waals surface area contributed by atoms with Crippen molar-refractivity contribution < 1.29 is 0 Å². The van der Waals surface area contributed by atoms with Crippen LogP contribution in [-0.2, 0) is 13.0 Å². The first-order chi connectivity index (χ1) is 8.81. The van der Waals surface area contributed by atoms with Gasteiger partial charge in [-0.2, -0.15) is 0 Å². The van der Waals surface area contributed by atoms with Crippen LogP contribution in [0.5, 0.6) is 0 Å². The number of nitrogens with one attached hydrogen (secondary N) is 1. The molecule has 0 aliphatic carbocycles. The van der Waals surface area contributed by atoms with Crippen LogP contribution in [0.2, 0.25) is 0 Å². The van der Waals surface area contributed by atoms with E-state index in [0.29, 0.717) is 6.04 Å². The Bertz CT molecular complexity index is 351. The zero-order chi connectivity index (χ0) is 12.8. The largest absolute Gasteiger partial charge is 0.313 e. The zero-order valence-corrected chi connectivity index (χ0v) is 12.4. The molecule has 1 aliphatic rings. The van der Waals surface area contributed by atoms with E-state index < -0.39 is 0 Å². The molecule has 1 saturated heterocycles. The predicted molar refractivity (Wildman–Crippen MR) is 78.1 cm³/mol. The number of aryl methyl sites for hydroxylation is 1. The third-order valence-electron chi connectivity index (χ3n) is 3.50. The van der Waals surface area contributed by atoms with Gasteiger partial charge >= 0.3 is 0 Å². The Balaban J connectivity index is 1.81. The Morgan fingerprint density at radius 2 is 2.39 bits per heavy atom. The zero-order valence-electron chi connectivity index (χ0n) is 11.6. The van der Waals surface area contributed by atoms with Gasteiger partial charge in [0.25, 0.3) is 0 Å². The normalized spacial score (nSPS) is 21.3. The van der Waals surface area contributed by atoms with Crippen molar-refractivity contribution in [3.8, 4) is 0 Å². The summed E-state index contributed by atoms with van der Waals surface area (Å²) in [5.41, 5.74) is 0. The van der Waals surface area contributed by atoms with Gasteiger partial charge in [-0.3, -0.25) is 4.90 Å². The number of piperidine rings is 1. The summed E-state index contributed by atoms with van der Waals surface area (Å²) in [4.78, 5) is 8.48. The van der Waals surface area contributed by atoms with Gasteiger partial charge in [-0.25, -0.2) is 4.98 Å². The maximum absolute atomic E-state index is 4.52. The Kier molecular flexibility index (Phi) is 5.60. The lowest BCUT2D eigenvalue weighted by Gasteiger charge is -2.32. The first-order valence-electron chi connectivity index (χ1n) is 7.21. The van der Waals surface area contributed by atoms with Crippen molar-refractivity contribution in [2.24, 2.45) is 0 Å². The van der Waals surface area contributed by atoms with Crippen LogP contribution in [0.25, 0.3) is 0 Å². The van der Waals surface area contributed by atoms with E-state index in [4.69, 9.17) is 0 Å². The second-order valence-electron chi connectivity index (χ2n) is 5.10. The van der Waals surface area contributed by atoms with Crippen molar-refractivity contribution in [2.45, 2.75) is 52.1 Å². The molecule has 1 fully saturated rings. The molecule has 1 N–H and O–H groups in total. The number of aromatic nitrogens is 1. The summed E-state index contributed by atoms with van der Waals surface area (Å²) in [6, 6.07) is 0.685. The summed E-state index contributed by atoms with van der Waals surface area (Å²) < 4.78 is 0. The fourth-order valence-electron chi connectivity index (χ4n) is 2.49. The summed E-state index contributed by atoms with van der Waals surface area (Å²) in [5.74, 6) is 0. The van der Waals surface area contributed by atoms with E-state index in [1.165, 1.54) is 42.2 Å². The topological polar surface area (TPSA) is 28.2 Å². The molecule has 1 aliphatic heterocycles. The highest BCUT2D eigenvalue weighted by atomic mass is 32.1. The van der Waals surface area contributed by atoms with Gasteiger partial charge in [-0.15, -0.1) is 11.3 Å². The van der Waals surface area contributed by atoms with Crippen molar-refractivity contribution in [3.05, 3.63) is 16.1 Å². The van der Waals surface area contributed by atoms with Crippen LogP contribution in [-0.4, -0.2) is 35.6 Å². The van der Waals surface area contributed by atoms with Crippen LogP contribution in [0.1, 0.15) is 43.0 Å². The first-order valence-corrected chi connectivity index (χ1v) is 8.02. The highest BCUT2D eigenvalue weighted by molar-refractivity contribution is 7.11. The number of hydrogen-bond acceptors (Lipinski definition) is 4. The molecule has 0 bridgehead atoms. The number of thiazole rings is 1. The van der Waals surface area contributed by atoms with Gasteiger partial charge in [0.15, 0.2) is 0 Å².